The maximum atomic E-state index is 13.2. The number of hydrogen-bond donors (Lipinski definition) is 2. The molecule has 170 valence electrons. The highest BCUT2D eigenvalue weighted by atomic mass is 16.2. The molecule has 7 heteroatoms. The van der Waals surface area contributed by atoms with Crippen molar-refractivity contribution in [2.75, 3.05) is 11.1 Å². The van der Waals surface area contributed by atoms with E-state index in [1.807, 2.05) is 72.8 Å². The first-order valence-electron chi connectivity index (χ1n) is 11.5. The van der Waals surface area contributed by atoms with Gasteiger partial charge < -0.3 is 11.1 Å². The van der Waals surface area contributed by atoms with Gasteiger partial charge in [0.25, 0.3) is 5.91 Å². The smallest absolute Gasteiger partial charge is 0.279 e. The van der Waals surface area contributed by atoms with E-state index in [0.717, 1.165) is 40.6 Å². The molecule has 1 aliphatic carbocycles. The highest BCUT2D eigenvalue weighted by Crippen LogP contribution is 2.39. The Balaban J connectivity index is 1.44. The number of nitrogen functional groups attached to an aromatic ring is 1. The van der Waals surface area contributed by atoms with Crippen LogP contribution in [0.4, 0.5) is 11.6 Å². The van der Waals surface area contributed by atoms with E-state index in [4.69, 9.17) is 10.7 Å². The monoisotopic (exact) mass is 458 g/mol. The van der Waals surface area contributed by atoms with Crippen LogP contribution in [0.5, 0.6) is 0 Å². The Hall–Kier alpha value is -4.65. The molecule has 0 radical (unpaired) electrons. The van der Waals surface area contributed by atoms with Crippen LogP contribution < -0.4 is 11.1 Å². The summed E-state index contributed by atoms with van der Waals surface area (Å²) in [5, 5.41) is 3.81. The molecule has 0 bridgehead atoms. The van der Waals surface area contributed by atoms with E-state index in [2.05, 4.69) is 20.3 Å². The summed E-state index contributed by atoms with van der Waals surface area (Å²) in [5.74, 6) is 0.576. The molecule has 6 rings (SSSR count). The highest BCUT2D eigenvalue weighted by molar-refractivity contribution is 6.06. The molecule has 0 aliphatic heterocycles. The number of nitrogens with two attached hydrogens (primary N) is 1. The predicted octanol–water partition coefficient (Wildman–Crippen LogP) is 5.47. The van der Waals surface area contributed by atoms with Gasteiger partial charge >= 0.3 is 0 Å². The largest absolute Gasteiger partial charge is 0.382 e. The van der Waals surface area contributed by atoms with Crippen molar-refractivity contribution in [2.45, 2.75) is 18.8 Å². The maximum Gasteiger partial charge on any atom is 0.279 e. The molecule has 0 spiro atoms. The Bertz CT molecular complexity index is 1560. The van der Waals surface area contributed by atoms with Crippen molar-refractivity contribution in [1.29, 1.82) is 0 Å². The minimum Gasteiger partial charge on any atom is -0.382 e. The first kappa shape index (κ1) is 20.9. The predicted molar refractivity (Wildman–Crippen MR) is 137 cm³/mol. The summed E-state index contributed by atoms with van der Waals surface area (Å²) in [7, 11) is 0. The molecule has 1 amide bonds. The van der Waals surface area contributed by atoms with Crippen LogP contribution in [0.3, 0.4) is 0 Å². The zero-order valence-corrected chi connectivity index (χ0v) is 18.8. The fraction of sp³-hybridized carbons (Fsp3) is 0.107. The molecule has 2 aromatic carbocycles. The molecule has 35 heavy (non-hydrogen) atoms. The van der Waals surface area contributed by atoms with Crippen molar-refractivity contribution < 1.29 is 4.79 Å². The molecular weight excluding hydrogens is 436 g/mol. The standard InChI is InChI=1S/C28H22N6O/c29-27-26(28(35)32-23-10-4-9-22(31-23)17-11-12-17)33-25(24(34-27)18-6-2-1-3-7-18)20-13-14-21-19(16-20)8-5-15-30-21/h1-10,13-17H,11-12H2,(H2,29,34)(H,31,32,35). The van der Waals surface area contributed by atoms with Gasteiger partial charge in [0.05, 0.1) is 16.9 Å². The summed E-state index contributed by atoms with van der Waals surface area (Å²) >= 11 is 0. The Labute approximate surface area is 202 Å². The third-order valence-corrected chi connectivity index (χ3v) is 6.07. The number of hydrogen-bond acceptors (Lipinski definition) is 6. The number of amides is 1. The minimum absolute atomic E-state index is 0.0598. The van der Waals surface area contributed by atoms with Gasteiger partial charge in [-0.1, -0.05) is 48.5 Å². The van der Waals surface area contributed by atoms with E-state index in [9.17, 15) is 4.79 Å². The average Bonchev–Trinajstić information content (AvgIpc) is 3.75. The molecule has 0 atom stereocenters. The quantitative estimate of drug-likeness (QED) is 0.362. The third-order valence-electron chi connectivity index (χ3n) is 6.07. The fourth-order valence-electron chi connectivity index (χ4n) is 4.14. The minimum atomic E-state index is -0.446. The van der Waals surface area contributed by atoms with E-state index in [0.29, 0.717) is 23.1 Å². The zero-order chi connectivity index (χ0) is 23.8. The van der Waals surface area contributed by atoms with Crippen molar-refractivity contribution in [3.05, 3.63) is 96.4 Å². The highest BCUT2D eigenvalue weighted by Gasteiger charge is 2.25. The number of carbonyl (C=O) groups is 1. The van der Waals surface area contributed by atoms with Gasteiger partial charge in [0, 0.05) is 34.3 Å². The molecule has 3 N–H and O–H groups in total. The van der Waals surface area contributed by atoms with E-state index in [1.54, 1.807) is 12.3 Å². The number of benzene rings is 2. The van der Waals surface area contributed by atoms with Crippen molar-refractivity contribution in [2.24, 2.45) is 0 Å². The maximum absolute atomic E-state index is 13.2. The van der Waals surface area contributed by atoms with Crippen LogP contribution in [0.2, 0.25) is 0 Å². The summed E-state index contributed by atoms with van der Waals surface area (Å²) in [6, 6.07) is 25.1. The second kappa shape index (κ2) is 8.61. The van der Waals surface area contributed by atoms with Gasteiger partial charge in [0.1, 0.15) is 5.82 Å². The fourth-order valence-corrected chi connectivity index (χ4v) is 4.14. The Kier molecular flexibility index (Phi) is 5.15. The molecule has 1 saturated carbocycles. The summed E-state index contributed by atoms with van der Waals surface area (Å²) < 4.78 is 0. The van der Waals surface area contributed by atoms with Crippen molar-refractivity contribution in [3.63, 3.8) is 0 Å². The molecule has 1 aliphatic rings. The van der Waals surface area contributed by atoms with Gasteiger partial charge in [-0.2, -0.15) is 0 Å². The molecule has 3 aromatic heterocycles. The van der Waals surface area contributed by atoms with Crippen molar-refractivity contribution >= 4 is 28.4 Å². The number of carbonyl (C=O) groups excluding carboxylic acids is 1. The van der Waals surface area contributed by atoms with E-state index in [-0.39, 0.29) is 11.5 Å². The van der Waals surface area contributed by atoms with Gasteiger partial charge in [-0.05, 0) is 43.2 Å². The first-order chi connectivity index (χ1) is 17.2. The van der Waals surface area contributed by atoms with Crippen LogP contribution >= 0.6 is 0 Å². The summed E-state index contributed by atoms with van der Waals surface area (Å²) in [6.07, 6.45) is 4.03. The Morgan fingerprint density at radius 2 is 1.66 bits per heavy atom. The molecule has 1 fully saturated rings. The first-order valence-corrected chi connectivity index (χ1v) is 11.5. The van der Waals surface area contributed by atoms with Crippen molar-refractivity contribution in [3.8, 4) is 22.5 Å². The number of fused-ring (bicyclic) bond motifs is 1. The lowest BCUT2D eigenvalue weighted by atomic mass is 10.0. The Morgan fingerprint density at radius 1 is 0.829 bits per heavy atom. The van der Waals surface area contributed by atoms with Gasteiger partial charge in [0.15, 0.2) is 11.5 Å². The lowest BCUT2D eigenvalue weighted by molar-refractivity contribution is 0.102. The van der Waals surface area contributed by atoms with E-state index >= 15 is 0 Å². The van der Waals surface area contributed by atoms with Gasteiger partial charge in [-0.3, -0.25) is 9.78 Å². The second-order valence-corrected chi connectivity index (χ2v) is 8.61. The van der Waals surface area contributed by atoms with Gasteiger partial charge in [0.2, 0.25) is 0 Å². The van der Waals surface area contributed by atoms with E-state index < -0.39 is 5.91 Å². The van der Waals surface area contributed by atoms with Crippen LogP contribution in [-0.2, 0) is 0 Å². The third kappa shape index (κ3) is 4.19. The number of aromatic nitrogens is 4. The summed E-state index contributed by atoms with van der Waals surface area (Å²) in [5.41, 5.74) is 11.1. The lowest BCUT2D eigenvalue weighted by Crippen LogP contribution is -2.19. The second-order valence-electron chi connectivity index (χ2n) is 8.61. The summed E-state index contributed by atoms with van der Waals surface area (Å²) in [6.45, 7) is 0. The summed E-state index contributed by atoms with van der Waals surface area (Å²) in [4.78, 5) is 31.6. The zero-order valence-electron chi connectivity index (χ0n) is 18.8. The number of pyridine rings is 2. The SMILES string of the molecule is Nc1nc(-c2ccccc2)c(-c2ccc3ncccc3c2)nc1C(=O)Nc1cccc(C2CC2)n1. The topological polar surface area (TPSA) is 107 Å². The normalized spacial score (nSPS) is 13.0. The van der Waals surface area contributed by atoms with Crippen LogP contribution in [0, 0.1) is 0 Å². The number of nitrogens with one attached hydrogen (secondary N) is 1. The van der Waals surface area contributed by atoms with Crippen LogP contribution in [0.25, 0.3) is 33.4 Å². The van der Waals surface area contributed by atoms with Crippen LogP contribution in [0.15, 0.2) is 85.1 Å². The molecule has 5 aromatic rings. The molecule has 7 nitrogen and oxygen atoms in total. The molecule has 0 saturated heterocycles. The van der Waals surface area contributed by atoms with Crippen LogP contribution in [-0.4, -0.2) is 25.8 Å². The number of anilines is 2. The average molecular weight is 459 g/mol. The van der Waals surface area contributed by atoms with Gasteiger partial charge in [-0.15, -0.1) is 0 Å². The van der Waals surface area contributed by atoms with Gasteiger partial charge in [-0.25, -0.2) is 15.0 Å². The molecule has 3 heterocycles. The van der Waals surface area contributed by atoms with Crippen molar-refractivity contribution in [1.82, 2.24) is 19.9 Å². The van der Waals surface area contributed by atoms with E-state index in [1.165, 1.54) is 0 Å². The molecule has 0 unspecified atom stereocenters. The number of rotatable bonds is 5. The lowest BCUT2D eigenvalue weighted by Gasteiger charge is -2.14. The molecular formula is C28H22N6O. The Morgan fingerprint density at radius 3 is 2.49 bits per heavy atom. The van der Waals surface area contributed by atoms with Crippen LogP contribution in [0.1, 0.15) is 34.9 Å². The number of nitrogens with zero attached hydrogens (tertiary/aromatic N) is 4.